The fraction of sp³-hybridized carbons (Fsp3) is 0.727. The van der Waals surface area contributed by atoms with Gasteiger partial charge in [0.25, 0.3) is 5.91 Å². The molecule has 3 N–H and O–H groups in total. The number of aromatic amines is 1. The van der Waals surface area contributed by atoms with Crippen LogP contribution in [0.5, 0.6) is 0 Å². The maximum Gasteiger partial charge on any atom is 0.290 e. The zero-order chi connectivity index (χ0) is 13.4. The van der Waals surface area contributed by atoms with Crippen molar-refractivity contribution in [3.8, 4) is 0 Å². The third-order valence-corrected chi connectivity index (χ3v) is 3.30. The van der Waals surface area contributed by atoms with Crippen LogP contribution in [-0.2, 0) is 0 Å². The highest BCUT2D eigenvalue weighted by molar-refractivity contribution is 7.99. The molecule has 0 fully saturated rings. The lowest BCUT2D eigenvalue weighted by atomic mass is 10.2. The monoisotopic (exact) mass is 272 g/mol. The Morgan fingerprint density at radius 2 is 2.28 bits per heavy atom. The van der Waals surface area contributed by atoms with Crippen LogP contribution in [0.15, 0.2) is 0 Å². The summed E-state index contributed by atoms with van der Waals surface area (Å²) in [4.78, 5) is 15.8. The number of rotatable bonds is 8. The number of hydrogen-bond donors (Lipinski definition) is 3. The van der Waals surface area contributed by atoms with Crippen LogP contribution in [0.4, 0.5) is 0 Å². The normalized spacial score (nSPS) is 10.9. The molecule has 0 spiro atoms. The molecule has 1 heterocycles. The van der Waals surface area contributed by atoms with Gasteiger partial charge in [0.05, 0.1) is 0 Å². The predicted molar refractivity (Wildman–Crippen MR) is 71.8 cm³/mol. The lowest BCUT2D eigenvalue weighted by Gasteiger charge is -2.02. The van der Waals surface area contributed by atoms with E-state index in [2.05, 4.69) is 20.5 Å². The minimum atomic E-state index is -0.249. The lowest BCUT2D eigenvalue weighted by Crippen LogP contribution is -2.26. The fourth-order valence-electron chi connectivity index (χ4n) is 1.22. The van der Waals surface area contributed by atoms with Crippen LogP contribution in [0.3, 0.4) is 0 Å². The van der Waals surface area contributed by atoms with Crippen molar-refractivity contribution in [3.05, 3.63) is 11.6 Å². The Labute approximate surface area is 111 Å². The number of nitrogens with one attached hydrogen (secondary N) is 2. The zero-order valence-corrected chi connectivity index (χ0v) is 11.6. The number of carbonyl (C=O) groups is 1. The van der Waals surface area contributed by atoms with E-state index in [-0.39, 0.29) is 24.3 Å². The van der Waals surface area contributed by atoms with Crippen molar-refractivity contribution in [1.29, 1.82) is 0 Å². The first kappa shape index (κ1) is 15.0. The fourth-order valence-corrected chi connectivity index (χ4v) is 2.00. The van der Waals surface area contributed by atoms with Gasteiger partial charge in [-0.05, 0) is 12.2 Å². The van der Waals surface area contributed by atoms with Crippen molar-refractivity contribution in [3.63, 3.8) is 0 Å². The second kappa shape index (κ2) is 8.10. The van der Waals surface area contributed by atoms with Gasteiger partial charge in [-0.15, -0.1) is 5.10 Å². The molecule has 0 saturated heterocycles. The molecular weight excluding hydrogens is 252 g/mol. The van der Waals surface area contributed by atoms with E-state index in [1.807, 2.05) is 13.8 Å². The third kappa shape index (κ3) is 5.05. The third-order valence-electron chi connectivity index (χ3n) is 2.23. The number of H-pyrrole nitrogens is 1. The van der Waals surface area contributed by atoms with E-state index in [4.69, 9.17) is 5.11 Å². The average molecular weight is 272 g/mol. The van der Waals surface area contributed by atoms with E-state index in [1.54, 1.807) is 11.8 Å². The topological polar surface area (TPSA) is 90.9 Å². The summed E-state index contributed by atoms with van der Waals surface area (Å²) in [5.74, 6) is 2.63. The molecule has 1 aromatic rings. The number of hydrogen-bond acceptors (Lipinski definition) is 5. The van der Waals surface area contributed by atoms with Crippen molar-refractivity contribution < 1.29 is 9.90 Å². The highest BCUT2D eigenvalue weighted by Gasteiger charge is 2.13. The Bertz CT molecular complexity index is 368. The first-order valence-corrected chi connectivity index (χ1v) is 7.19. The molecule has 18 heavy (non-hydrogen) atoms. The molecule has 0 atom stereocenters. The largest absolute Gasteiger partial charge is 0.396 e. The Hall–Kier alpha value is -1.08. The summed E-state index contributed by atoms with van der Waals surface area (Å²) >= 11 is 1.70. The van der Waals surface area contributed by atoms with Gasteiger partial charge in [-0.3, -0.25) is 9.89 Å². The minimum absolute atomic E-state index is 0.194. The van der Waals surface area contributed by atoms with E-state index in [0.717, 1.165) is 23.8 Å². The Morgan fingerprint density at radius 1 is 1.50 bits per heavy atom. The first-order chi connectivity index (χ1) is 8.65. The predicted octanol–water partition coefficient (Wildman–Crippen LogP) is 0.773. The molecule has 0 aliphatic carbocycles. The molecule has 0 unspecified atom stereocenters. The second-order valence-corrected chi connectivity index (χ2v) is 5.37. The van der Waals surface area contributed by atoms with Gasteiger partial charge in [-0.2, -0.15) is 11.8 Å². The number of amides is 1. The summed E-state index contributed by atoms with van der Waals surface area (Å²) in [5, 5.41) is 18.0. The first-order valence-electron chi connectivity index (χ1n) is 6.04. The Balaban J connectivity index is 2.23. The maximum absolute atomic E-state index is 11.7. The molecule has 0 aliphatic rings. The Kier molecular flexibility index (Phi) is 6.74. The van der Waals surface area contributed by atoms with Crippen LogP contribution < -0.4 is 5.32 Å². The van der Waals surface area contributed by atoms with Gasteiger partial charge in [0, 0.05) is 24.8 Å². The van der Waals surface area contributed by atoms with Crippen molar-refractivity contribution in [2.75, 3.05) is 24.7 Å². The van der Waals surface area contributed by atoms with Gasteiger partial charge in [0.1, 0.15) is 5.82 Å². The highest BCUT2D eigenvalue weighted by atomic mass is 32.2. The summed E-state index contributed by atoms with van der Waals surface area (Å²) in [6.07, 6.45) is 0.789. The molecule has 0 bridgehead atoms. The van der Waals surface area contributed by atoms with Crippen LogP contribution in [0.25, 0.3) is 0 Å². The van der Waals surface area contributed by atoms with Crippen molar-refractivity contribution >= 4 is 17.7 Å². The number of carbonyl (C=O) groups excluding carboxylic acids is 1. The van der Waals surface area contributed by atoms with Gasteiger partial charge in [0.15, 0.2) is 0 Å². The van der Waals surface area contributed by atoms with E-state index in [1.165, 1.54) is 0 Å². The van der Waals surface area contributed by atoms with E-state index >= 15 is 0 Å². The van der Waals surface area contributed by atoms with Gasteiger partial charge in [-0.1, -0.05) is 13.8 Å². The number of nitrogens with zero attached hydrogens (tertiary/aromatic N) is 2. The zero-order valence-electron chi connectivity index (χ0n) is 10.8. The summed E-state index contributed by atoms with van der Waals surface area (Å²) in [6, 6.07) is 0. The molecule has 1 rings (SSSR count). The quantitative estimate of drug-likeness (QED) is 0.608. The summed E-state index contributed by atoms with van der Waals surface area (Å²) < 4.78 is 0. The molecule has 7 heteroatoms. The SMILES string of the molecule is CC(C)c1nc(C(=O)NCCSCCCO)n[nH]1. The molecule has 0 radical (unpaired) electrons. The van der Waals surface area contributed by atoms with Crippen molar-refractivity contribution in [1.82, 2.24) is 20.5 Å². The second-order valence-electron chi connectivity index (χ2n) is 4.14. The van der Waals surface area contributed by atoms with Crippen molar-refractivity contribution in [2.24, 2.45) is 0 Å². The van der Waals surface area contributed by atoms with Gasteiger partial charge in [-0.25, -0.2) is 4.98 Å². The van der Waals surface area contributed by atoms with Gasteiger partial charge >= 0.3 is 0 Å². The lowest BCUT2D eigenvalue weighted by molar-refractivity contribution is 0.0946. The van der Waals surface area contributed by atoms with Crippen LogP contribution >= 0.6 is 11.8 Å². The van der Waals surface area contributed by atoms with Crippen LogP contribution in [0.2, 0.25) is 0 Å². The molecule has 102 valence electrons. The van der Waals surface area contributed by atoms with Crippen molar-refractivity contribution in [2.45, 2.75) is 26.2 Å². The number of aromatic nitrogens is 3. The summed E-state index contributed by atoms with van der Waals surface area (Å²) in [7, 11) is 0. The maximum atomic E-state index is 11.7. The molecule has 0 saturated carbocycles. The molecule has 1 amide bonds. The standard InChI is InChI=1S/C11H20N4O2S/c1-8(2)9-13-10(15-14-9)11(17)12-4-7-18-6-3-5-16/h8,16H,3-7H2,1-2H3,(H,12,17)(H,13,14,15). The Morgan fingerprint density at radius 3 is 2.89 bits per heavy atom. The van der Waals surface area contributed by atoms with Crippen LogP contribution in [0, 0.1) is 0 Å². The van der Waals surface area contributed by atoms with E-state index in [0.29, 0.717) is 6.54 Å². The summed E-state index contributed by atoms with van der Waals surface area (Å²) in [6.45, 7) is 4.77. The molecule has 6 nitrogen and oxygen atoms in total. The molecular formula is C11H20N4O2S. The van der Waals surface area contributed by atoms with E-state index in [9.17, 15) is 4.79 Å². The van der Waals surface area contributed by atoms with Crippen LogP contribution in [-0.4, -0.2) is 50.9 Å². The van der Waals surface area contributed by atoms with Gasteiger partial charge in [0.2, 0.25) is 5.82 Å². The molecule has 0 aliphatic heterocycles. The van der Waals surface area contributed by atoms with E-state index < -0.39 is 0 Å². The number of aliphatic hydroxyl groups is 1. The smallest absolute Gasteiger partial charge is 0.290 e. The van der Waals surface area contributed by atoms with Crippen LogP contribution in [0.1, 0.15) is 42.6 Å². The average Bonchev–Trinajstić information content (AvgIpc) is 2.83. The molecule has 1 aromatic heterocycles. The summed E-state index contributed by atoms with van der Waals surface area (Å²) in [5.41, 5.74) is 0. The number of thioether (sulfide) groups is 1. The minimum Gasteiger partial charge on any atom is -0.396 e. The van der Waals surface area contributed by atoms with Gasteiger partial charge < -0.3 is 10.4 Å². The molecule has 0 aromatic carbocycles. The number of aliphatic hydroxyl groups excluding tert-OH is 1. The highest BCUT2D eigenvalue weighted by Crippen LogP contribution is 2.07.